The minimum atomic E-state index is -0.263. The zero-order valence-corrected chi connectivity index (χ0v) is 15.0. The molecule has 1 aromatic carbocycles. The fourth-order valence-corrected chi connectivity index (χ4v) is 3.61. The molecule has 23 heavy (non-hydrogen) atoms. The molecule has 0 spiro atoms. The number of hydrogen-bond donors (Lipinski definition) is 1. The van der Waals surface area contributed by atoms with Gasteiger partial charge in [0.25, 0.3) is 5.91 Å². The van der Waals surface area contributed by atoms with Crippen molar-refractivity contribution in [3.8, 4) is 5.69 Å². The zero-order chi connectivity index (χ0) is 16.8. The first kappa shape index (κ1) is 16.0. The van der Waals surface area contributed by atoms with E-state index in [9.17, 15) is 4.79 Å². The van der Waals surface area contributed by atoms with Gasteiger partial charge in [0.05, 0.1) is 16.3 Å². The predicted molar refractivity (Wildman–Crippen MR) is 95.9 cm³/mol. The van der Waals surface area contributed by atoms with Gasteiger partial charge in [0.15, 0.2) is 0 Å². The van der Waals surface area contributed by atoms with Gasteiger partial charge in [-0.1, -0.05) is 17.7 Å². The second-order valence-electron chi connectivity index (χ2n) is 6.51. The van der Waals surface area contributed by atoms with Crippen LogP contribution in [0.5, 0.6) is 0 Å². The van der Waals surface area contributed by atoms with Crippen LogP contribution in [0.15, 0.2) is 30.3 Å². The highest BCUT2D eigenvalue weighted by Gasteiger charge is 2.20. The van der Waals surface area contributed by atoms with Crippen molar-refractivity contribution in [3.63, 3.8) is 0 Å². The van der Waals surface area contributed by atoms with E-state index in [0.717, 1.165) is 21.6 Å². The van der Waals surface area contributed by atoms with E-state index < -0.39 is 0 Å². The van der Waals surface area contributed by atoms with Crippen molar-refractivity contribution in [1.82, 2.24) is 15.1 Å². The van der Waals surface area contributed by atoms with E-state index in [-0.39, 0.29) is 11.4 Å². The highest BCUT2D eigenvalue weighted by Crippen LogP contribution is 2.31. The molecular formula is C17H18ClN3OS. The first-order valence-electron chi connectivity index (χ1n) is 7.32. The lowest BCUT2D eigenvalue weighted by Gasteiger charge is -2.19. The molecule has 0 aliphatic heterocycles. The number of carbonyl (C=O) groups is 1. The number of benzene rings is 1. The molecule has 0 atom stereocenters. The molecular weight excluding hydrogens is 330 g/mol. The number of nitrogens with zero attached hydrogens (tertiary/aromatic N) is 2. The van der Waals surface area contributed by atoms with Gasteiger partial charge >= 0.3 is 0 Å². The minimum Gasteiger partial charge on any atom is -0.347 e. The van der Waals surface area contributed by atoms with Gasteiger partial charge in [0, 0.05) is 15.9 Å². The second kappa shape index (κ2) is 5.65. The first-order chi connectivity index (χ1) is 10.7. The van der Waals surface area contributed by atoms with Crippen LogP contribution < -0.4 is 5.32 Å². The Hall–Kier alpha value is -1.85. The predicted octanol–water partition coefficient (Wildman–Crippen LogP) is 4.58. The van der Waals surface area contributed by atoms with Crippen LogP contribution in [-0.4, -0.2) is 21.2 Å². The standard InChI is InChI=1S/C17H18ClN3OS/c1-10-13-9-14(15(22)19-17(2,3)4)23-16(13)21(20-10)12-7-5-6-11(18)8-12/h5-9H,1-4H3,(H,19,22). The maximum atomic E-state index is 12.4. The molecule has 0 saturated heterocycles. The van der Waals surface area contributed by atoms with Crippen molar-refractivity contribution < 1.29 is 4.79 Å². The molecule has 0 aliphatic carbocycles. The number of nitrogens with one attached hydrogen (secondary N) is 1. The number of hydrogen-bond acceptors (Lipinski definition) is 3. The van der Waals surface area contributed by atoms with Gasteiger partial charge in [-0.15, -0.1) is 11.3 Å². The molecule has 0 saturated carbocycles. The maximum absolute atomic E-state index is 12.4. The number of aryl methyl sites for hydroxylation is 1. The smallest absolute Gasteiger partial charge is 0.261 e. The van der Waals surface area contributed by atoms with E-state index in [1.165, 1.54) is 11.3 Å². The summed E-state index contributed by atoms with van der Waals surface area (Å²) < 4.78 is 1.84. The van der Waals surface area contributed by atoms with Crippen LogP contribution in [0.1, 0.15) is 36.1 Å². The van der Waals surface area contributed by atoms with Crippen molar-refractivity contribution >= 4 is 39.1 Å². The van der Waals surface area contributed by atoms with Crippen molar-refractivity contribution in [2.75, 3.05) is 0 Å². The average Bonchev–Trinajstić information content (AvgIpc) is 2.98. The molecule has 3 rings (SSSR count). The quantitative estimate of drug-likeness (QED) is 0.737. The molecule has 0 aliphatic rings. The lowest BCUT2D eigenvalue weighted by molar-refractivity contribution is 0.0924. The Labute approximate surface area is 144 Å². The number of rotatable bonds is 2. The van der Waals surface area contributed by atoms with Crippen LogP contribution in [0.3, 0.4) is 0 Å². The number of aromatic nitrogens is 2. The Morgan fingerprint density at radius 1 is 1.30 bits per heavy atom. The molecule has 2 heterocycles. The number of amides is 1. The lowest BCUT2D eigenvalue weighted by Crippen LogP contribution is -2.40. The molecule has 3 aromatic rings. The van der Waals surface area contributed by atoms with E-state index in [1.54, 1.807) is 0 Å². The van der Waals surface area contributed by atoms with Crippen LogP contribution in [0.4, 0.5) is 0 Å². The Bertz CT molecular complexity index is 889. The summed E-state index contributed by atoms with van der Waals surface area (Å²) in [5, 5.41) is 9.22. The molecule has 1 N–H and O–H groups in total. The van der Waals surface area contributed by atoms with Gasteiger partial charge in [-0.2, -0.15) is 5.10 Å². The largest absolute Gasteiger partial charge is 0.347 e. The molecule has 2 aromatic heterocycles. The highest BCUT2D eigenvalue weighted by molar-refractivity contribution is 7.20. The zero-order valence-electron chi connectivity index (χ0n) is 13.5. The van der Waals surface area contributed by atoms with Gasteiger partial charge in [0.2, 0.25) is 0 Å². The maximum Gasteiger partial charge on any atom is 0.261 e. The van der Waals surface area contributed by atoms with Crippen LogP contribution >= 0.6 is 22.9 Å². The summed E-state index contributed by atoms with van der Waals surface area (Å²) in [5.74, 6) is -0.0595. The third-order valence-electron chi connectivity index (χ3n) is 3.31. The van der Waals surface area contributed by atoms with E-state index in [0.29, 0.717) is 9.90 Å². The summed E-state index contributed by atoms with van der Waals surface area (Å²) >= 11 is 7.52. The summed E-state index contributed by atoms with van der Waals surface area (Å²) in [7, 11) is 0. The summed E-state index contributed by atoms with van der Waals surface area (Å²) in [4.78, 5) is 14.0. The van der Waals surface area contributed by atoms with Crippen LogP contribution in [0.2, 0.25) is 5.02 Å². The molecule has 6 heteroatoms. The fourth-order valence-electron chi connectivity index (χ4n) is 2.34. The van der Waals surface area contributed by atoms with Crippen LogP contribution in [-0.2, 0) is 0 Å². The van der Waals surface area contributed by atoms with Crippen molar-refractivity contribution in [3.05, 3.63) is 45.9 Å². The number of thiophene rings is 1. The number of fused-ring (bicyclic) bond motifs is 1. The average molecular weight is 348 g/mol. The molecule has 120 valence electrons. The normalized spacial score (nSPS) is 11.9. The molecule has 4 nitrogen and oxygen atoms in total. The molecule has 0 unspecified atom stereocenters. The topological polar surface area (TPSA) is 46.9 Å². The van der Waals surface area contributed by atoms with Crippen molar-refractivity contribution in [2.24, 2.45) is 0 Å². The first-order valence-corrected chi connectivity index (χ1v) is 8.52. The van der Waals surface area contributed by atoms with Crippen molar-refractivity contribution in [1.29, 1.82) is 0 Å². The van der Waals surface area contributed by atoms with E-state index in [2.05, 4.69) is 10.4 Å². The molecule has 0 radical (unpaired) electrons. The van der Waals surface area contributed by atoms with E-state index >= 15 is 0 Å². The van der Waals surface area contributed by atoms with Crippen LogP contribution in [0, 0.1) is 6.92 Å². The second-order valence-corrected chi connectivity index (χ2v) is 7.98. The monoisotopic (exact) mass is 347 g/mol. The summed E-state index contributed by atoms with van der Waals surface area (Å²) in [6, 6.07) is 9.44. The highest BCUT2D eigenvalue weighted by atomic mass is 35.5. The van der Waals surface area contributed by atoms with Crippen LogP contribution in [0.25, 0.3) is 15.9 Å². The summed E-state index contributed by atoms with van der Waals surface area (Å²) in [6.45, 7) is 7.85. The molecule has 0 fully saturated rings. The third kappa shape index (κ3) is 3.26. The third-order valence-corrected chi connectivity index (χ3v) is 4.65. The van der Waals surface area contributed by atoms with Gasteiger partial charge < -0.3 is 5.32 Å². The van der Waals surface area contributed by atoms with Gasteiger partial charge in [-0.05, 0) is 52.0 Å². The number of carbonyl (C=O) groups excluding carboxylic acids is 1. The summed E-state index contributed by atoms with van der Waals surface area (Å²) in [6.07, 6.45) is 0. The Kier molecular flexibility index (Phi) is 3.94. The van der Waals surface area contributed by atoms with Gasteiger partial charge in [0.1, 0.15) is 4.83 Å². The Morgan fingerprint density at radius 2 is 2.04 bits per heavy atom. The fraction of sp³-hybridized carbons (Fsp3) is 0.294. The number of halogens is 1. The minimum absolute atomic E-state index is 0.0595. The van der Waals surface area contributed by atoms with E-state index in [1.807, 2.05) is 62.7 Å². The van der Waals surface area contributed by atoms with Gasteiger partial charge in [-0.25, -0.2) is 4.68 Å². The Balaban J connectivity index is 2.07. The SMILES string of the molecule is Cc1nn(-c2cccc(Cl)c2)c2sc(C(=O)NC(C)(C)C)cc12. The van der Waals surface area contributed by atoms with E-state index in [4.69, 9.17) is 11.6 Å². The molecule has 0 bridgehead atoms. The lowest BCUT2D eigenvalue weighted by atomic mass is 10.1. The summed E-state index contributed by atoms with van der Waals surface area (Å²) in [5.41, 5.74) is 1.52. The van der Waals surface area contributed by atoms with Gasteiger partial charge in [-0.3, -0.25) is 4.79 Å². The van der Waals surface area contributed by atoms with Crippen molar-refractivity contribution in [2.45, 2.75) is 33.2 Å². The Morgan fingerprint density at radius 3 is 2.70 bits per heavy atom. The molecule has 1 amide bonds.